The van der Waals surface area contributed by atoms with Crippen molar-refractivity contribution in [3.63, 3.8) is 0 Å². The number of piperidine rings is 1. The summed E-state index contributed by atoms with van der Waals surface area (Å²) < 4.78 is 20.0. The van der Waals surface area contributed by atoms with Gasteiger partial charge in [-0.25, -0.2) is 4.39 Å². The van der Waals surface area contributed by atoms with Crippen LogP contribution in [-0.2, 0) is 4.74 Å². The van der Waals surface area contributed by atoms with E-state index in [0.717, 1.165) is 50.3 Å². The van der Waals surface area contributed by atoms with E-state index >= 15 is 0 Å². The SMILES string of the molecule is CCNC(C)c1ccc(N2CCC(OCC)CC2)c(F)c1. The summed E-state index contributed by atoms with van der Waals surface area (Å²) in [4.78, 5) is 2.13. The first-order valence-electron chi connectivity index (χ1n) is 8.05. The smallest absolute Gasteiger partial charge is 0.146 e. The highest BCUT2D eigenvalue weighted by Crippen LogP contribution is 2.26. The summed E-state index contributed by atoms with van der Waals surface area (Å²) in [6, 6.07) is 5.79. The van der Waals surface area contributed by atoms with E-state index in [2.05, 4.69) is 24.1 Å². The maximum atomic E-state index is 14.4. The Morgan fingerprint density at radius 1 is 1.33 bits per heavy atom. The van der Waals surface area contributed by atoms with Crippen LogP contribution in [0.5, 0.6) is 0 Å². The molecule has 1 heterocycles. The second-order valence-electron chi connectivity index (χ2n) is 5.63. The quantitative estimate of drug-likeness (QED) is 0.869. The molecule has 1 atom stereocenters. The Kier molecular flexibility index (Phi) is 6.00. The average Bonchev–Trinajstić information content (AvgIpc) is 2.49. The van der Waals surface area contributed by atoms with Gasteiger partial charge in [0.15, 0.2) is 0 Å². The van der Waals surface area contributed by atoms with E-state index in [4.69, 9.17) is 4.74 Å². The minimum absolute atomic E-state index is 0.118. The zero-order valence-electron chi connectivity index (χ0n) is 13.4. The van der Waals surface area contributed by atoms with Gasteiger partial charge in [-0.15, -0.1) is 0 Å². The van der Waals surface area contributed by atoms with Crippen molar-refractivity contribution in [2.75, 3.05) is 31.1 Å². The molecule has 1 aromatic carbocycles. The molecule has 4 heteroatoms. The fourth-order valence-corrected chi connectivity index (χ4v) is 2.97. The lowest BCUT2D eigenvalue weighted by Crippen LogP contribution is -2.37. The summed E-state index contributed by atoms with van der Waals surface area (Å²) in [7, 11) is 0. The fourth-order valence-electron chi connectivity index (χ4n) is 2.97. The number of hydrogen-bond acceptors (Lipinski definition) is 3. The molecule has 0 radical (unpaired) electrons. The van der Waals surface area contributed by atoms with E-state index in [-0.39, 0.29) is 11.9 Å². The summed E-state index contributed by atoms with van der Waals surface area (Å²) >= 11 is 0. The van der Waals surface area contributed by atoms with Crippen molar-refractivity contribution < 1.29 is 9.13 Å². The van der Waals surface area contributed by atoms with Crippen molar-refractivity contribution in [1.29, 1.82) is 0 Å². The maximum Gasteiger partial charge on any atom is 0.146 e. The first kappa shape index (κ1) is 16.2. The highest BCUT2D eigenvalue weighted by atomic mass is 19.1. The predicted octanol–water partition coefficient (Wildman–Crippen LogP) is 3.50. The van der Waals surface area contributed by atoms with Gasteiger partial charge in [0.1, 0.15) is 5.82 Å². The Morgan fingerprint density at radius 3 is 2.62 bits per heavy atom. The zero-order valence-corrected chi connectivity index (χ0v) is 13.4. The molecule has 1 aromatic rings. The highest BCUT2D eigenvalue weighted by molar-refractivity contribution is 5.50. The van der Waals surface area contributed by atoms with Crippen molar-refractivity contribution in [2.45, 2.75) is 45.8 Å². The van der Waals surface area contributed by atoms with Gasteiger partial charge < -0.3 is 15.0 Å². The first-order valence-corrected chi connectivity index (χ1v) is 8.05. The lowest BCUT2D eigenvalue weighted by Gasteiger charge is -2.33. The van der Waals surface area contributed by atoms with Gasteiger partial charge >= 0.3 is 0 Å². The average molecular weight is 294 g/mol. The molecule has 0 bridgehead atoms. The summed E-state index contributed by atoms with van der Waals surface area (Å²) in [6.45, 7) is 9.52. The summed E-state index contributed by atoms with van der Waals surface area (Å²) in [5.41, 5.74) is 1.72. The third-order valence-corrected chi connectivity index (χ3v) is 4.17. The van der Waals surface area contributed by atoms with Gasteiger partial charge in [-0.3, -0.25) is 0 Å². The van der Waals surface area contributed by atoms with Crippen LogP contribution < -0.4 is 10.2 Å². The molecule has 0 spiro atoms. The van der Waals surface area contributed by atoms with E-state index in [1.165, 1.54) is 0 Å². The molecule has 0 saturated carbocycles. The zero-order chi connectivity index (χ0) is 15.2. The van der Waals surface area contributed by atoms with Crippen LogP contribution in [-0.4, -0.2) is 32.3 Å². The highest BCUT2D eigenvalue weighted by Gasteiger charge is 2.21. The van der Waals surface area contributed by atoms with Crippen molar-refractivity contribution in [3.05, 3.63) is 29.6 Å². The Hall–Kier alpha value is -1.13. The van der Waals surface area contributed by atoms with Crippen LogP contribution in [0.1, 0.15) is 45.2 Å². The Balaban J connectivity index is 2.01. The van der Waals surface area contributed by atoms with Gasteiger partial charge in [0, 0.05) is 25.7 Å². The van der Waals surface area contributed by atoms with Crippen LogP contribution in [0.15, 0.2) is 18.2 Å². The third-order valence-electron chi connectivity index (χ3n) is 4.17. The summed E-state index contributed by atoms with van der Waals surface area (Å²) in [6.07, 6.45) is 2.29. The molecule has 1 saturated heterocycles. The van der Waals surface area contributed by atoms with Crippen LogP contribution in [0.2, 0.25) is 0 Å². The van der Waals surface area contributed by atoms with Gasteiger partial charge in [-0.05, 0) is 50.9 Å². The van der Waals surface area contributed by atoms with Crippen molar-refractivity contribution in [3.8, 4) is 0 Å². The monoisotopic (exact) mass is 294 g/mol. The molecular formula is C17H27FN2O. The van der Waals surface area contributed by atoms with Crippen molar-refractivity contribution in [2.24, 2.45) is 0 Å². The molecule has 1 N–H and O–H groups in total. The topological polar surface area (TPSA) is 24.5 Å². The number of benzene rings is 1. The normalized spacial score (nSPS) is 18.0. The third kappa shape index (κ3) is 4.17. The number of anilines is 1. The van der Waals surface area contributed by atoms with E-state index in [0.29, 0.717) is 6.10 Å². The second kappa shape index (κ2) is 7.76. The maximum absolute atomic E-state index is 14.4. The number of halogens is 1. The van der Waals surface area contributed by atoms with E-state index in [1.807, 2.05) is 19.1 Å². The van der Waals surface area contributed by atoms with E-state index in [9.17, 15) is 4.39 Å². The molecule has 1 aliphatic rings. The molecule has 0 aliphatic carbocycles. The lowest BCUT2D eigenvalue weighted by atomic mass is 10.0. The number of hydrogen-bond donors (Lipinski definition) is 1. The minimum atomic E-state index is -0.118. The van der Waals surface area contributed by atoms with Crippen molar-refractivity contribution >= 4 is 5.69 Å². The molecule has 3 nitrogen and oxygen atoms in total. The molecule has 1 aliphatic heterocycles. The molecule has 118 valence electrons. The predicted molar refractivity (Wildman–Crippen MR) is 85.4 cm³/mol. The van der Waals surface area contributed by atoms with Gasteiger partial charge in [0.25, 0.3) is 0 Å². The van der Waals surface area contributed by atoms with Crippen molar-refractivity contribution in [1.82, 2.24) is 5.32 Å². The Labute approximate surface area is 127 Å². The van der Waals surface area contributed by atoms with E-state index in [1.54, 1.807) is 6.07 Å². The number of nitrogens with zero attached hydrogens (tertiary/aromatic N) is 1. The van der Waals surface area contributed by atoms with Crippen LogP contribution in [0, 0.1) is 5.82 Å². The summed E-state index contributed by atoms with van der Waals surface area (Å²) in [5.74, 6) is -0.118. The molecule has 0 aromatic heterocycles. The van der Waals surface area contributed by atoms with Gasteiger partial charge in [-0.1, -0.05) is 13.0 Å². The van der Waals surface area contributed by atoms with Gasteiger partial charge in [-0.2, -0.15) is 0 Å². The fraction of sp³-hybridized carbons (Fsp3) is 0.647. The molecule has 21 heavy (non-hydrogen) atoms. The largest absolute Gasteiger partial charge is 0.378 e. The molecule has 0 amide bonds. The standard InChI is InChI=1S/C17H27FN2O/c1-4-19-13(3)14-6-7-17(16(18)12-14)20-10-8-15(9-11-20)21-5-2/h6-7,12-13,15,19H,4-5,8-11H2,1-3H3. The molecule has 2 rings (SSSR count). The Bertz CT molecular complexity index is 444. The van der Waals surface area contributed by atoms with Gasteiger partial charge in [0.2, 0.25) is 0 Å². The lowest BCUT2D eigenvalue weighted by molar-refractivity contribution is 0.0458. The number of nitrogens with one attached hydrogen (secondary N) is 1. The number of ether oxygens (including phenoxy) is 1. The second-order valence-corrected chi connectivity index (χ2v) is 5.63. The molecule has 1 fully saturated rings. The van der Waals surface area contributed by atoms with E-state index < -0.39 is 0 Å². The van der Waals surface area contributed by atoms with Gasteiger partial charge in [0.05, 0.1) is 11.8 Å². The first-order chi connectivity index (χ1) is 10.2. The van der Waals surface area contributed by atoms with Crippen LogP contribution in [0.3, 0.4) is 0 Å². The number of rotatable bonds is 6. The van der Waals surface area contributed by atoms with Crippen LogP contribution in [0.4, 0.5) is 10.1 Å². The summed E-state index contributed by atoms with van der Waals surface area (Å²) in [5, 5.41) is 3.31. The Morgan fingerprint density at radius 2 is 2.05 bits per heavy atom. The molecular weight excluding hydrogens is 267 g/mol. The van der Waals surface area contributed by atoms with Crippen LogP contribution >= 0.6 is 0 Å². The minimum Gasteiger partial charge on any atom is -0.378 e. The molecule has 1 unspecified atom stereocenters. The van der Waals surface area contributed by atoms with Crippen LogP contribution in [0.25, 0.3) is 0 Å².